The fraction of sp³-hybridized carbons (Fsp3) is 0.583. The summed E-state index contributed by atoms with van der Waals surface area (Å²) in [6, 6.07) is 2.13. The van der Waals surface area contributed by atoms with Gasteiger partial charge in [0.15, 0.2) is 5.82 Å². The van der Waals surface area contributed by atoms with E-state index in [9.17, 15) is 0 Å². The van der Waals surface area contributed by atoms with Gasteiger partial charge in [-0.1, -0.05) is 0 Å². The van der Waals surface area contributed by atoms with Crippen LogP contribution in [-0.4, -0.2) is 27.3 Å². The van der Waals surface area contributed by atoms with Gasteiger partial charge >= 0.3 is 0 Å². The molecule has 2 rings (SSSR count). The van der Waals surface area contributed by atoms with Crippen molar-refractivity contribution in [1.82, 2.24) is 15.3 Å². The fourth-order valence-corrected chi connectivity index (χ4v) is 1.91. The van der Waals surface area contributed by atoms with Crippen LogP contribution in [0, 0.1) is 0 Å². The SMILES string of the molecule is CC(C)(C)NC1CCC1=Nc1ccnc(Cl)n1. The van der Waals surface area contributed by atoms with Gasteiger partial charge in [-0.3, -0.25) is 0 Å². The quantitative estimate of drug-likeness (QED) is 0.824. The molecular weight excluding hydrogens is 236 g/mol. The molecule has 1 atom stereocenters. The highest BCUT2D eigenvalue weighted by atomic mass is 35.5. The molecule has 0 aromatic carbocycles. The summed E-state index contributed by atoms with van der Waals surface area (Å²) >= 11 is 5.73. The number of nitrogens with zero attached hydrogens (tertiary/aromatic N) is 3. The van der Waals surface area contributed by atoms with Crippen LogP contribution in [-0.2, 0) is 0 Å². The molecule has 0 spiro atoms. The van der Waals surface area contributed by atoms with E-state index in [-0.39, 0.29) is 10.8 Å². The smallest absolute Gasteiger partial charge is 0.224 e. The minimum absolute atomic E-state index is 0.106. The van der Waals surface area contributed by atoms with Crippen LogP contribution >= 0.6 is 11.6 Å². The standard InChI is InChI=1S/C12H17ClN4/c1-12(2,3)17-9-5-4-8(9)15-10-6-7-14-11(13)16-10/h6-7,9,17H,4-5H2,1-3H3. The van der Waals surface area contributed by atoms with E-state index in [4.69, 9.17) is 11.6 Å². The van der Waals surface area contributed by atoms with Crippen LogP contribution in [0.1, 0.15) is 33.6 Å². The first-order valence-corrected chi connectivity index (χ1v) is 6.15. The zero-order valence-corrected chi connectivity index (χ0v) is 11.1. The average Bonchev–Trinajstić information content (AvgIpc) is 2.20. The molecule has 1 fully saturated rings. The summed E-state index contributed by atoms with van der Waals surface area (Å²) in [6.07, 6.45) is 3.78. The largest absolute Gasteiger partial charge is 0.304 e. The topological polar surface area (TPSA) is 50.2 Å². The average molecular weight is 253 g/mol. The normalized spacial score (nSPS) is 22.6. The third kappa shape index (κ3) is 3.48. The zero-order valence-electron chi connectivity index (χ0n) is 10.4. The summed E-state index contributed by atoms with van der Waals surface area (Å²) in [5, 5.41) is 3.78. The second kappa shape index (κ2) is 4.70. The van der Waals surface area contributed by atoms with Crippen molar-refractivity contribution in [2.45, 2.75) is 45.2 Å². The number of nitrogens with one attached hydrogen (secondary N) is 1. The van der Waals surface area contributed by atoms with Gasteiger partial charge in [0.05, 0.1) is 0 Å². The molecule has 1 aliphatic rings. The molecule has 92 valence electrons. The third-order valence-corrected chi connectivity index (χ3v) is 2.75. The number of hydrogen-bond acceptors (Lipinski definition) is 4. The molecule has 0 bridgehead atoms. The Kier molecular flexibility index (Phi) is 3.45. The van der Waals surface area contributed by atoms with Crippen LogP contribution < -0.4 is 5.32 Å². The molecule has 1 aromatic rings. The predicted octanol–water partition coefficient (Wildman–Crippen LogP) is 2.75. The van der Waals surface area contributed by atoms with E-state index in [1.807, 2.05) is 0 Å². The van der Waals surface area contributed by atoms with Crippen molar-refractivity contribution in [1.29, 1.82) is 0 Å². The Morgan fingerprint density at radius 3 is 2.76 bits per heavy atom. The summed E-state index contributed by atoms with van der Waals surface area (Å²) in [5.41, 5.74) is 1.25. The van der Waals surface area contributed by atoms with Crippen molar-refractivity contribution in [3.63, 3.8) is 0 Å². The Balaban J connectivity index is 2.08. The Hall–Kier alpha value is -1.000. The van der Waals surface area contributed by atoms with Crippen LogP contribution in [0.4, 0.5) is 5.82 Å². The molecule has 1 saturated carbocycles. The first-order chi connectivity index (χ1) is 7.94. The van der Waals surface area contributed by atoms with Gasteiger partial charge in [0.25, 0.3) is 0 Å². The van der Waals surface area contributed by atoms with E-state index in [1.165, 1.54) is 0 Å². The van der Waals surface area contributed by atoms with Gasteiger partial charge in [0.2, 0.25) is 5.28 Å². The summed E-state index contributed by atoms with van der Waals surface area (Å²) in [4.78, 5) is 12.4. The number of aromatic nitrogens is 2. The molecule has 4 nitrogen and oxygen atoms in total. The minimum atomic E-state index is 0.106. The maximum Gasteiger partial charge on any atom is 0.224 e. The molecule has 1 heterocycles. The first kappa shape index (κ1) is 12.5. The third-order valence-electron chi connectivity index (χ3n) is 2.57. The van der Waals surface area contributed by atoms with Crippen molar-refractivity contribution in [2.75, 3.05) is 0 Å². The van der Waals surface area contributed by atoms with E-state index >= 15 is 0 Å². The number of hydrogen-bond donors (Lipinski definition) is 1. The van der Waals surface area contributed by atoms with Gasteiger partial charge in [-0.2, -0.15) is 4.98 Å². The number of aliphatic imine (C=N–C) groups is 1. The van der Waals surface area contributed by atoms with Crippen LogP contribution in [0.15, 0.2) is 17.3 Å². The van der Waals surface area contributed by atoms with E-state index in [1.54, 1.807) is 12.3 Å². The van der Waals surface area contributed by atoms with Gasteiger partial charge in [-0.25, -0.2) is 9.98 Å². The minimum Gasteiger partial charge on any atom is -0.304 e. The maximum atomic E-state index is 5.73. The van der Waals surface area contributed by atoms with Crippen LogP contribution in [0.5, 0.6) is 0 Å². The summed E-state index contributed by atoms with van der Waals surface area (Å²) < 4.78 is 0. The van der Waals surface area contributed by atoms with E-state index in [2.05, 4.69) is 41.0 Å². The molecule has 0 amide bonds. The van der Waals surface area contributed by atoms with E-state index < -0.39 is 0 Å². The molecule has 1 N–H and O–H groups in total. The van der Waals surface area contributed by atoms with Crippen LogP contribution in [0.2, 0.25) is 5.28 Å². The molecule has 0 radical (unpaired) electrons. The highest BCUT2D eigenvalue weighted by molar-refractivity contribution is 6.28. The Morgan fingerprint density at radius 1 is 1.47 bits per heavy atom. The highest BCUT2D eigenvalue weighted by Crippen LogP contribution is 2.22. The van der Waals surface area contributed by atoms with Crippen molar-refractivity contribution in [3.8, 4) is 0 Å². The van der Waals surface area contributed by atoms with Gasteiger partial charge in [-0.05, 0) is 45.2 Å². The summed E-state index contributed by atoms with van der Waals surface area (Å²) in [7, 11) is 0. The van der Waals surface area contributed by atoms with Crippen molar-refractivity contribution >= 4 is 23.1 Å². The molecule has 1 unspecified atom stereocenters. The zero-order chi connectivity index (χ0) is 12.5. The number of rotatable bonds is 2. The second-order valence-corrected chi connectivity index (χ2v) is 5.61. The monoisotopic (exact) mass is 252 g/mol. The van der Waals surface area contributed by atoms with Crippen molar-refractivity contribution in [2.24, 2.45) is 4.99 Å². The molecule has 17 heavy (non-hydrogen) atoms. The van der Waals surface area contributed by atoms with Crippen LogP contribution in [0.3, 0.4) is 0 Å². The molecule has 1 aliphatic carbocycles. The lowest BCUT2D eigenvalue weighted by Crippen LogP contribution is -2.52. The van der Waals surface area contributed by atoms with E-state index in [0.29, 0.717) is 11.9 Å². The lowest BCUT2D eigenvalue weighted by Gasteiger charge is -2.35. The van der Waals surface area contributed by atoms with Gasteiger partial charge < -0.3 is 5.32 Å². The van der Waals surface area contributed by atoms with Crippen LogP contribution in [0.25, 0.3) is 0 Å². The Labute approximate surface area is 107 Å². The van der Waals surface area contributed by atoms with Crippen molar-refractivity contribution in [3.05, 3.63) is 17.5 Å². The molecule has 0 saturated heterocycles. The number of halogens is 1. The van der Waals surface area contributed by atoms with Gasteiger partial charge in [-0.15, -0.1) is 0 Å². The first-order valence-electron chi connectivity index (χ1n) is 5.78. The summed E-state index contributed by atoms with van der Waals surface area (Å²) in [5.74, 6) is 0.639. The van der Waals surface area contributed by atoms with Crippen molar-refractivity contribution < 1.29 is 0 Å². The second-order valence-electron chi connectivity index (χ2n) is 5.27. The predicted molar refractivity (Wildman–Crippen MR) is 70.0 cm³/mol. The molecule has 0 aliphatic heterocycles. The Morgan fingerprint density at radius 2 is 2.24 bits per heavy atom. The molecule has 5 heteroatoms. The molecular formula is C12H17ClN4. The maximum absolute atomic E-state index is 5.73. The summed E-state index contributed by atoms with van der Waals surface area (Å²) in [6.45, 7) is 6.47. The van der Waals surface area contributed by atoms with Gasteiger partial charge in [0, 0.05) is 29.6 Å². The lowest BCUT2D eigenvalue weighted by atomic mass is 9.88. The molecule has 1 aromatic heterocycles. The van der Waals surface area contributed by atoms with Gasteiger partial charge in [0.1, 0.15) is 0 Å². The lowest BCUT2D eigenvalue weighted by molar-refractivity contribution is 0.371. The Bertz CT molecular complexity index is 436. The highest BCUT2D eigenvalue weighted by Gasteiger charge is 2.29. The van der Waals surface area contributed by atoms with E-state index in [0.717, 1.165) is 18.6 Å². The fourth-order valence-electron chi connectivity index (χ4n) is 1.77.